The van der Waals surface area contributed by atoms with Gasteiger partial charge in [0.1, 0.15) is 0 Å². The van der Waals surface area contributed by atoms with Crippen molar-refractivity contribution in [1.29, 1.82) is 0 Å². The van der Waals surface area contributed by atoms with E-state index >= 15 is 0 Å². The average Bonchev–Trinajstić information content (AvgIpc) is 2.48. The van der Waals surface area contributed by atoms with Crippen molar-refractivity contribution in [3.8, 4) is 0 Å². The zero-order chi connectivity index (χ0) is 14.6. The standard InChI is InChI=1S/C14H28N4O2/c1-14(2,12-15)18-5-3-16(4-6-18)11-13(19)17-7-9-20-10-8-17/h3-12,15H2,1-2H3. The molecule has 1 amide bonds. The maximum absolute atomic E-state index is 12.2. The number of carbonyl (C=O) groups is 1. The molecule has 2 N–H and O–H groups in total. The van der Waals surface area contributed by atoms with Crippen LogP contribution in [0, 0.1) is 0 Å². The lowest BCUT2D eigenvalue weighted by molar-refractivity contribution is -0.137. The molecule has 6 nitrogen and oxygen atoms in total. The van der Waals surface area contributed by atoms with Crippen LogP contribution in [-0.2, 0) is 9.53 Å². The topological polar surface area (TPSA) is 62.0 Å². The van der Waals surface area contributed by atoms with Gasteiger partial charge in [0.05, 0.1) is 19.8 Å². The van der Waals surface area contributed by atoms with Gasteiger partial charge in [-0.3, -0.25) is 14.6 Å². The second-order valence-electron chi connectivity index (χ2n) is 6.27. The number of hydrogen-bond acceptors (Lipinski definition) is 5. The highest BCUT2D eigenvalue weighted by molar-refractivity contribution is 5.78. The highest BCUT2D eigenvalue weighted by Crippen LogP contribution is 2.15. The zero-order valence-corrected chi connectivity index (χ0v) is 12.8. The number of morpholine rings is 1. The molecular formula is C14H28N4O2. The zero-order valence-electron chi connectivity index (χ0n) is 12.8. The predicted molar refractivity (Wildman–Crippen MR) is 78.5 cm³/mol. The summed E-state index contributed by atoms with van der Waals surface area (Å²) in [6.45, 7) is 12.2. The second kappa shape index (κ2) is 6.85. The van der Waals surface area contributed by atoms with Crippen LogP contribution in [0.4, 0.5) is 0 Å². The summed E-state index contributed by atoms with van der Waals surface area (Å²) in [7, 11) is 0. The molecule has 0 spiro atoms. The van der Waals surface area contributed by atoms with E-state index in [0.717, 1.165) is 39.3 Å². The summed E-state index contributed by atoms with van der Waals surface area (Å²) in [5.74, 6) is 0.236. The van der Waals surface area contributed by atoms with Crippen molar-refractivity contribution in [3.63, 3.8) is 0 Å². The molecule has 20 heavy (non-hydrogen) atoms. The minimum absolute atomic E-state index is 0.0559. The van der Waals surface area contributed by atoms with Crippen LogP contribution in [0.2, 0.25) is 0 Å². The van der Waals surface area contributed by atoms with E-state index in [1.165, 1.54) is 0 Å². The van der Waals surface area contributed by atoms with E-state index in [1.54, 1.807) is 0 Å². The fraction of sp³-hybridized carbons (Fsp3) is 0.929. The first-order valence-electron chi connectivity index (χ1n) is 7.56. The van der Waals surface area contributed by atoms with Crippen LogP contribution in [0.5, 0.6) is 0 Å². The first kappa shape index (κ1) is 15.7. The molecule has 0 radical (unpaired) electrons. The van der Waals surface area contributed by atoms with Crippen molar-refractivity contribution in [2.45, 2.75) is 19.4 Å². The van der Waals surface area contributed by atoms with Crippen LogP contribution in [0.15, 0.2) is 0 Å². The molecule has 2 rings (SSSR count). The molecule has 0 aromatic heterocycles. The smallest absolute Gasteiger partial charge is 0.236 e. The monoisotopic (exact) mass is 284 g/mol. The van der Waals surface area contributed by atoms with Gasteiger partial charge in [-0.05, 0) is 13.8 Å². The third kappa shape index (κ3) is 3.91. The largest absolute Gasteiger partial charge is 0.378 e. The van der Waals surface area contributed by atoms with Crippen LogP contribution < -0.4 is 5.73 Å². The summed E-state index contributed by atoms with van der Waals surface area (Å²) in [6.07, 6.45) is 0. The van der Waals surface area contributed by atoms with Crippen molar-refractivity contribution in [3.05, 3.63) is 0 Å². The lowest BCUT2D eigenvalue weighted by Crippen LogP contribution is -2.58. The van der Waals surface area contributed by atoms with Crippen LogP contribution in [0.1, 0.15) is 13.8 Å². The Morgan fingerprint density at radius 2 is 1.70 bits per heavy atom. The summed E-state index contributed by atoms with van der Waals surface area (Å²) in [4.78, 5) is 18.8. The van der Waals surface area contributed by atoms with E-state index in [4.69, 9.17) is 10.5 Å². The first-order chi connectivity index (χ1) is 9.53. The van der Waals surface area contributed by atoms with E-state index in [-0.39, 0.29) is 11.4 Å². The van der Waals surface area contributed by atoms with Gasteiger partial charge in [0.2, 0.25) is 5.91 Å². The molecule has 0 aliphatic carbocycles. The Bertz CT molecular complexity index is 321. The van der Waals surface area contributed by atoms with E-state index in [0.29, 0.717) is 26.3 Å². The van der Waals surface area contributed by atoms with Gasteiger partial charge in [-0.2, -0.15) is 0 Å². The van der Waals surface area contributed by atoms with Gasteiger partial charge in [0, 0.05) is 51.4 Å². The van der Waals surface area contributed by atoms with Crippen molar-refractivity contribution in [2.75, 3.05) is 65.6 Å². The molecule has 6 heteroatoms. The summed E-state index contributed by atoms with van der Waals surface area (Å²) in [6, 6.07) is 0. The summed E-state index contributed by atoms with van der Waals surface area (Å²) in [5, 5.41) is 0. The Morgan fingerprint density at radius 3 is 2.25 bits per heavy atom. The molecule has 0 atom stereocenters. The number of piperazine rings is 1. The SMILES string of the molecule is CC(C)(CN)N1CCN(CC(=O)N2CCOCC2)CC1. The number of amides is 1. The second-order valence-corrected chi connectivity index (χ2v) is 6.27. The molecule has 0 bridgehead atoms. The third-order valence-corrected chi connectivity index (χ3v) is 4.45. The number of hydrogen-bond donors (Lipinski definition) is 1. The summed E-state index contributed by atoms with van der Waals surface area (Å²) >= 11 is 0. The third-order valence-electron chi connectivity index (χ3n) is 4.45. The van der Waals surface area contributed by atoms with Crippen LogP contribution in [0.25, 0.3) is 0 Å². The molecule has 0 saturated carbocycles. The van der Waals surface area contributed by atoms with Crippen molar-refractivity contribution in [1.82, 2.24) is 14.7 Å². The Morgan fingerprint density at radius 1 is 1.10 bits per heavy atom. The Labute approximate surface area is 121 Å². The van der Waals surface area contributed by atoms with Gasteiger partial charge in [-0.1, -0.05) is 0 Å². The van der Waals surface area contributed by atoms with Gasteiger partial charge < -0.3 is 15.4 Å². The highest BCUT2D eigenvalue weighted by Gasteiger charge is 2.29. The normalized spacial score (nSPS) is 23.1. The van der Waals surface area contributed by atoms with Crippen LogP contribution >= 0.6 is 0 Å². The summed E-state index contributed by atoms with van der Waals surface area (Å²) in [5.41, 5.74) is 5.88. The van der Waals surface area contributed by atoms with Gasteiger partial charge in [0.25, 0.3) is 0 Å². The minimum atomic E-state index is 0.0559. The van der Waals surface area contributed by atoms with E-state index < -0.39 is 0 Å². The van der Waals surface area contributed by atoms with E-state index in [2.05, 4.69) is 23.6 Å². The van der Waals surface area contributed by atoms with Crippen molar-refractivity contribution in [2.24, 2.45) is 5.73 Å². The predicted octanol–water partition coefficient (Wildman–Crippen LogP) is -0.800. The molecule has 0 aromatic rings. The molecule has 2 heterocycles. The van der Waals surface area contributed by atoms with E-state index in [9.17, 15) is 4.79 Å². The lowest BCUT2D eigenvalue weighted by atomic mass is 10.0. The Balaban J connectivity index is 1.75. The fourth-order valence-corrected chi connectivity index (χ4v) is 2.74. The number of carbonyl (C=O) groups excluding carboxylic acids is 1. The number of rotatable bonds is 4. The highest BCUT2D eigenvalue weighted by atomic mass is 16.5. The molecule has 0 unspecified atom stereocenters. The quantitative estimate of drug-likeness (QED) is 0.732. The maximum atomic E-state index is 12.2. The molecular weight excluding hydrogens is 256 g/mol. The van der Waals surface area contributed by atoms with Gasteiger partial charge in [-0.25, -0.2) is 0 Å². The van der Waals surface area contributed by atoms with Gasteiger partial charge in [0.15, 0.2) is 0 Å². The molecule has 2 fully saturated rings. The maximum Gasteiger partial charge on any atom is 0.236 e. The molecule has 2 saturated heterocycles. The molecule has 2 aliphatic heterocycles. The van der Waals surface area contributed by atoms with Crippen LogP contribution in [0.3, 0.4) is 0 Å². The fourth-order valence-electron chi connectivity index (χ4n) is 2.74. The number of nitrogens with two attached hydrogens (primary N) is 1. The Kier molecular flexibility index (Phi) is 5.37. The van der Waals surface area contributed by atoms with Crippen molar-refractivity contribution >= 4 is 5.91 Å². The minimum Gasteiger partial charge on any atom is -0.378 e. The lowest BCUT2D eigenvalue weighted by Gasteiger charge is -2.43. The van der Waals surface area contributed by atoms with Gasteiger partial charge in [-0.15, -0.1) is 0 Å². The van der Waals surface area contributed by atoms with Crippen molar-refractivity contribution < 1.29 is 9.53 Å². The van der Waals surface area contributed by atoms with Crippen LogP contribution in [-0.4, -0.2) is 91.7 Å². The van der Waals surface area contributed by atoms with Gasteiger partial charge >= 0.3 is 0 Å². The molecule has 2 aliphatic rings. The summed E-state index contributed by atoms with van der Waals surface area (Å²) < 4.78 is 5.28. The first-order valence-corrected chi connectivity index (χ1v) is 7.56. The number of ether oxygens (including phenoxy) is 1. The Hall–Kier alpha value is -0.690. The number of nitrogens with zero attached hydrogens (tertiary/aromatic N) is 3. The van der Waals surface area contributed by atoms with E-state index in [1.807, 2.05) is 4.90 Å². The average molecular weight is 284 g/mol. The molecule has 0 aromatic carbocycles. The molecule has 116 valence electrons.